The van der Waals surface area contributed by atoms with E-state index in [9.17, 15) is 19.5 Å². The summed E-state index contributed by atoms with van der Waals surface area (Å²) in [6, 6.07) is -0.728. The number of ether oxygens (including phenoxy) is 3. The van der Waals surface area contributed by atoms with Gasteiger partial charge in [-0.1, -0.05) is 198 Å². The molecule has 8 nitrogen and oxygen atoms in total. The van der Waals surface area contributed by atoms with Gasteiger partial charge in [0.1, 0.15) is 12.6 Å². The summed E-state index contributed by atoms with van der Waals surface area (Å²) in [5, 5.41) is 11.7. The van der Waals surface area contributed by atoms with E-state index in [0.717, 1.165) is 51.4 Å². The summed E-state index contributed by atoms with van der Waals surface area (Å²) in [6.45, 7) is 4.68. The molecule has 0 aromatic heterocycles. The zero-order valence-corrected chi connectivity index (χ0v) is 42.7. The van der Waals surface area contributed by atoms with Crippen LogP contribution in [-0.4, -0.2) is 75.5 Å². The fourth-order valence-corrected chi connectivity index (χ4v) is 8.04. The van der Waals surface area contributed by atoms with E-state index in [2.05, 4.69) is 50.3 Å². The molecule has 0 aliphatic rings. The van der Waals surface area contributed by atoms with Crippen molar-refractivity contribution in [2.75, 3.05) is 41.0 Å². The van der Waals surface area contributed by atoms with E-state index in [4.69, 9.17) is 14.2 Å². The second-order valence-corrected chi connectivity index (χ2v) is 19.5. The van der Waals surface area contributed by atoms with Gasteiger partial charge in [0.25, 0.3) is 0 Å². The zero-order valence-electron chi connectivity index (χ0n) is 42.7. The molecule has 0 aliphatic carbocycles. The van der Waals surface area contributed by atoms with Crippen LogP contribution in [0.15, 0.2) is 36.5 Å². The first-order valence-corrected chi connectivity index (χ1v) is 27.0. The van der Waals surface area contributed by atoms with Crippen molar-refractivity contribution in [2.45, 2.75) is 264 Å². The van der Waals surface area contributed by atoms with Crippen LogP contribution in [0.3, 0.4) is 0 Å². The minimum Gasteiger partial charge on any atom is -0.544 e. The lowest BCUT2D eigenvalue weighted by Gasteiger charge is -2.34. The van der Waals surface area contributed by atoms with E-state index >= 15 is 0 Å². The number of carbonyl (C=O) groups excluding carboxylic acids is 3. The quantitative estimate of drug-likeness (QED) is 0.0259. The Balaban J connectivity index is 4.22. The summed E-state index contributed by atoms with van der Waals surface area (Å²) in [7, 11) is 5.42. The SMILES string of the molecule is CCCCCCCC/C=C/CCCCCCCCCC(=O)OCC(COCCC(C(=O)[O-])[N+](C)(C)C)OC(=O)CCCCCCCCC/C=C/C/C=C/CCCCCCCCCCC. The smallest absolute Gasteiger partial charge is 0.306 e. The highest BCUT2D eigenvalue weighted by Gasteiger charge is 2.25. The number of carboxylic acids is 1. The lowest BCUT2D eigenvalue weighted by atomic mass is 10.1. The highest BCUT2D eigenvalue weighted by atomic mass is 16.6. The van der Waals surface area contributed by atoms with Crippen LogP contribution in [0, 0.1) is 0 Å². The lowest BCUT2D eigenvalue weighted by Crippen LogP contribution is -2.55. The Hall–Kier alpha value is -2.45. The van der Waals surface area contributed by atoms with Gasteiger partial charge >= 0.3 is 11.9 Å². The van der Waals surface area contributed by atoms with Crippen molar-refractivity contribution in [1.82, 2.24) is 0 Å². The second-order valence-electron chi connectivity index (χ2n) is 19.5. The van der Waals surface area contributed by atoms with Crippen LogP contribution in [-0.2, 0) is 28.6 Å². The highest BCUT2D eigenvalue weighted by Crippen LogP contribution is 2.15. The molecule has 64 heavy (non-hydrogen) atoms. The molecule has 0 saturated heterocycles. The van der Waals surface area contributed by atoms with Gasteiger partial charge in [-0.15, -0.1) is 0 Å². The molecule has 8 heteroatoms. The molecule has 0 aromatic rings. The Bertz CT molecular complexity index is 1140. The van der Waals surface area contributed by atoms with Crippen LogP contribution in [0.25, 0.3) is 0 Å². The Kier molecular flexibility index (Phi) is 45.3. The normalized spacial score (nSPS) is 13.1. The average molecular weight is 902 g/mol. The fourth-order valence-electron chi connectivity index (χ4n) is 8.04. The molecule has 0 aliphatic heterocycles. The molecule has 374 valence electrons. The van der Waals surface area contributed by atoms with Crippen molar-refractivity contribution in [1.29, 1.82) is 0 Å². The van der Waals surface area contributed by atoms with Crippen LogP contribution < -0.4 is 5.11 Å². The maximum atomic E-state index is 12.8. The zero-order chi connectivity index (χ0) is 47.0. The third-order valence-electron chi connectivity index (χ3n) is 12.2. The van der Waals surface area contributed by atoms with Gasteiger partial charge in [-0.25, -0.2) is 0 Å². The van der Waals surface area contributed by atoms with E-state index in [1.54, 1.807) is 21.1 Å². The number of carboxylic acid groups (broad SMARTS) is 1. The Labute approximate surface area is 395 Å². The molecule has 0 bridgehead atoms. The summed E-state index contributed by atoms with van der Waals surface area (Å²) in [4.78, 5) is 37.1. The van der Waals surface area contributed by atoms with Crippen LogP contribution in [0.1, 0.15) is 251 Å². The number of likely N-dealkylation sites (N-methyl/N-ethyl adjacent to an activating group) is 1. The minimum atomic E-state index is -1.12. The summed E-state index contributed by atoms with van der Waals surface area (Å²) < 4.78 is 17.3. The highest BCUT2D eigenvalue weighted by molar-refractivity contribution is 5.70. The van der Waals surface area contributed by atoms with Crippen molar-refractivity contribution < 1.29 is 38.2 Å². The molecule has 0 radical (unpaired) electrons. The predicted octanol–water partition coefficient (Wildman–Crippen LogP) is 14.4. The molecule has 0 aromatic carbocycles. The van der Waals surface area contributed by atoms with Gasteiger partial charge in [-0.05, 0) is 70.6 Å². The average Bonchev–Trinajstić information content (AvgIpc) is 3.26. The van der Waals surface area contributed by atoms with Crippen LogP contribution in [0.5, 0.6) is 0 Å². The van der Waals surface area contributed by atoms with E-state index in [1.165, 1.54) is 167 Å². The van der Waals surface area contributed by atoms with Crippen LogP contribution in [0.4, 0.5) is 0 Å². The van der Waals surface area contributed by atoms with Crippen molar-refractivity contribution in [3.05, 3.63) is 36.5 Å². The molecule has 0 heterocycles. The van der Waals surface area contributed by atoms with Crippen molar-refractivity contribution in [3.8, 4) is 0 Å². The van der Waals surface area contributed by atoms with Gasteiger partial charge in [0.15, 0.2) is 6.10 Å². The van der Waals surface area contributed by atoms with Gasteiger partial charge < -0.3 is 28.6 Å². The number of allylic oxidation sites excluding steroid dienone is 6. The monoisotopic (exact) mass is 902 g/mol. The molecule has 0 rings (SSSR count). The van der Waals surface area contributed by atoms with Crippen LogP contribution >= 0.6 is 0 Å². The maximum absolute atomic E-state index is 12.8. The molecule has 0 fully saturated rings. The van der Waals surface area contributed by atoms with E-state index in [1.807, 2.05) is 0 Å². The summed E-state index contributed by atoms with van der Waals surface area (Å²) >= 11 is 0. The summed E-state index contributed by atoms with van der Waals surface area (Å²) in [6.07, 6.45) is 56.0. The van der Waals surface area contributed by atoms with Gasteiger partial charge in [0.2, 0.25) is 0 Å². The number of aliphatic carboxylic acids is 1. The number of unbranched alkanes of at least 4 members (excludes halogenated alkanes) is 29. The first kappa shape index (κ1) is 61.5. The summed E-state index contributed by atoms with van der Waals surface area (Å²) in [5.41, 5.74) is 0. The van der Waals surface area contributed by atoms with E-state index in [-0.39, 0.29) is 42.7 Å². The van der Waals surface area contributed by atoms with E-state index < -0.39 is 18.1 Å². The Morgan fingerprint density at radius 1 is 0.469 bits per heavy atom. The predicted molar refractivity (Wildman–Crippen MR) is 268 cm³/mol. The van der Waals surface area contributed by atoms with Gasteiger partial charge in [-0.2, -0.15) is 0 Å². The van der Waals surface area contributed by atoms with Crippen molar-refractivity contribution >= 4 is 17.9 Å². The fraction of sp³-hybridized carbons (Fsp3) is 0.839. The van der Waals surface area contributed by atoms with Gasteiger partial charge in [0, 0.05) is 19.3 Å². The van der Waals surface area contributed by atoms with E-state index in [0.29, 0.717) is 12.8 Å². The largest absolute Gasteiger partial charge is 0.544 e. The Morgan fingerprint density at radius 2 is 0.828 bits per heavy atom. The first-order valence-electron chi connectivity index (χ1n) is 27.0. The van der Waals surface area contributed by atoms with Crippen molar-refractivity contribution in [2.24, 2.45) is 0 Å². The molecular formula is C56H103NO7. The molecule has 0 amide bonds. The number of esters is 2. The molecular weight excluding hydrogens is 799 g/mol. The standard InChI is InChI=1S/C56H103NO7/c1-6-8-10-12-14-16-18-20-22-24-25-26-27-28-29-31-33-35-37-39-41-43-45-47-55(59)64-52(50-62-49-48-53(56(60)61)57(3,4)5)51-63-54(58)46-44-42-40-38-36-34-32-30-23-21-19-17-15-13-11-9-7-2/h21,23,25-26,28-29,52-53H,6-20,22,24,27,30-51H2,1-5H3/b23-21+,26-25+,29-28+. The number of hydrogen-bond acceptors (Lipinski definition) is 7. The molecule has 0 saturated carbocycles. The van der Waals surface area contributed by atoms with Crippen molar-refractivity contribution in [3.63, 3.8) is 0 Å². The van der Waals surface area contributed by atoms with Crippen LogP contribution in [0.2, 0.25) is 0 Å². The molecule has 2 unspecified atom stereocenters. The number of carbonyl (C=O) groups is 3. The second kappa shape index (κ2) is 47.1. The molecule has 0 N–H and O–H groups in total. The first-order chi connectivity index (χ1) is 31.1. The third-order valence-corrected chi connectivity index (χ3v) is 12.2. The minimum absolute atomic E-state index is 0.0378. The maximum Gasteiger partial charge on any atom is 0.306 e. The number of hydrogen-bond donors (Lipinski definition) is 0. The number of quaternary nitrogens is 1. The van der Waals surface area contributed by atoms with Gasteiger partial charge in [-0.3, -0.25) is 9.59 Å². The lowest BCUT2D eigenvalue weighted by molar-refractivity contribution is -0.889. The van der Waals surface area contributed by atoms with Gasteiger partial charge in [0.05, 0.1) is 40.3 Å². The Morgan fingerprint density at radius 3 is 1.22 bits per heavy atom. The topological polar surface area (TPSA) is 102 Å². The number of nitrogens with zero attached hydrogens (tertiary/aromatic N) is 1. The third kappa shape index (κ3) is 44.7. The molecule has 2 atom stereocenters. The molecule has 0 spiro atoms. The number of rotatable bonds is 49. The summed E-state index contributed by atoms with van der Waals surface area (Å²) in [5.74, 6) is -1.74.